The molecule has 0 aromatic carbocycles. The molecule has 1 saturated heterocycles. The molecule has 1 saturated carbocycles. The van der Waals surface area contributed by atoms with Crippen molar-refractivity contribution in [1.82, 2.24) is 29.5 Å². The van der Waals surface area contributed by atoms with Crippen molar-refractivity contribution >= 4 is 17.2 Å². The second kappa shape index (κ2) is 8.28. The number of hydrogen-bond donors (Lipinski definition) is 0. The molecule has 156 valence electrons. The average Bonchev–Trinajstić information content (AvgIpc) is 3.28. The van der Waals surface area contributed by atoms with Gasteiger partial charge in [-0.1, -0.05) is 13.0 Å². The first-order valence-electron chi connectivity index (χ1n) is 10.7. The summed E-state index contributed by atoms with van der Waals surface area (Å²) < 4.78 is 1.79. The normalized spacial score (nSPS) is 17.4. The molecule has 2 fully saturated rings. The van der Waals surface area contributed by atoms with E-state index in [0.29, 0.717) is 17.4 Å². The van der Waals surface area contributed by atoms with E-state index in [1.165, 1.54) is 0 Å². The van der Waals surface area contributed by atoms with Crippen molar-refractivity contribution in [3.8, 4) is 16.5 Å². The lowest BCUT2D eigenvalue weighted by Crippen LogP contribution is -2.48. The number of piperazine rings is 1. The number of hydrogen-bond acceptors (Lipinski definition) is 6. The van der Waals surface area contributed by atoms with E-state index < -0.39 is 0 Å². The maximum atomic E-state index is 13.3. The third kappa shape index (κ3) is 3.77. The Bertz CT molecular complexity index is 1020. The Morgan fingerprint density at radius 3 is 2.73 bits per heavy atom. The molecule has 0 atom stereocenters. The zero-order valence-electron chi connectivity index (χ0n) is 17.2. The Kier molecular flexibility index (Phi) is 5.35. The average molecular weight is 423 g/mol. The van der Waals surface area contributed by atoms with Gasteiger partial charge in [0.05, 0.1) is 28.0 Å². The molecule has 1 amide bonds. The van der Waals surface area contributed by atoms with Crippen LogP contribution in [-0.2, 0) is 0 Å². The van der Waals surface area contributed by atoms with Crippen LogP contribution in [0.15, 0.2) is 36.0 Å². The molecule has 5 rings (SSSR count). The first kappa shape index (κ1) is 19.4. The summed E-state index contributed by atoms with van der Waals surface area (Å²) in [6.45, 7) is 6.74. The highest BCUT2D eigenvalue weighted by atomic mass is 32.1. The fourth-order valence-corrected chi connectivity index (χ4v) is 4.80. The molecular formula is C22H26N6OS. The topological polar surface area (TPSA) is 67.2 Å². The Hall–Kier alpha value is -2.58. The van der Waals surface area contributed by atoms with Gasteiger partial charge in [-0.3, -0.25) is 9.69 Å². The third-order valence-corrected chi connectivity index (χ3v) is 6.70. The highest BCUT2D eigenvalue weighted by Crippen LogP contribution is 2.42. The molecule has 30 heavy (non-hydrogen) atoms. The maximum Gasteiger partial charge on any atom is 0.257 e. The zero-order valence-corrected chi connectivity index (χ0v) is 18.0. The lowest BCUT2D eigenvalue weighted by molar-refractivity contribution is 0.0636. The number of aromatic nitrogens is 4. The van der Waals surface area contributed by atoms with Crippen LogP contribution in [0.25, 0.3) is 16.5 Å². The highest BCUT2D eigenvalue weighted by molar-refractivity contribution is 7.13. The summed E-state index contributed by atoms with van der Waals surface area (Å²) in [5, 5.41) is 6.61. The molecule has 3 aromatic heterocycles. The quantitative estimate of drug-likeness (QED) is 0.609. The molecule has 2 aliphatic rings. The summed E-state index contributed by atoms with van der Waals surface area (Å²) >= 11 is 1.65. The van der Waals surface area contributed by atoms with Gasteiger partial charge in [-0.05, 0) is 43.3 Å². The fourth-order valence-electron chi connectivity index (χ4n) is 4.10. The van der Waals surface area contributed by atoms with Crippen LogP contribution in [0.5, 0.6) is 0 Å². The van der Waals surface area contributed by atoms with Gasteiger partial charge in [0.1, 0.15) is 0 Å². The molecular weight excluding hydrogens is 396 g/mol. The summed E-state index contributed by atoms with van der Waals surface area (Å²) in [4.78, 5) is 28.0. The van der Waals surface area contributed by atoms with Crippen LogP contribution in [-0.4, -0.2) is 68.2 Å². The largest absolute Gasteiger partial charge is 0.336 e. The van der Waals surface area contributed by atoms with Gasteiger partial charge in [0.25, 0.3) is 11.9 Å². The van der Waals surface area contributed by atoms with Gasteiger partial charge in [-0.15, -0.1) is 11.3 Å². The number of carbonyl (C=O) groups excluding carboxylic acids is 1. The van der Waals surface area contributed by atoms with Gasteiger partial charge in [0.15, 0.2) is 0 Å². The van der Waals surface area contributed by atoms with Gasteiger partial charge in [0.2, 0.25) is 0 Å². The van der Waals surface area contributed by atoms with E-state index >= 15 is 0 Å². The van der Waals surface area contributed by atoms with Crippen LogP contribution in [0.4, 0.5) is 0 Å². The van der Waals surface area contributed by atoms with E-state index in [-0.39, 0.29) is 5.91 Å². The van der Waals surface area contributed by atoms with Crippen LogP contribution < -0.4 is 0 Å². The molecule has 7 nitrogen and oxygen atoms in total. The lowest BCUT2D eigenvalue weighted by Gasteiger charge is -2.34. The molecule has 0 N–H and O–H groups in total. The van der Waals surface area contributed by atoms with E-state index in [0.717, 1.165) is 68.3 Å². The second-order valence-corrected chi connectivity index (χ2v) is 8.93. The molecule has 1 aliphatic heterocycles. The van der Waals surface area contributed by atoms with Crippen LogP contribution in [0, 0.1) is 0 Å². The number of thiophene rings is 1. The SMILES string of the molecule is CCCN1CCN(C(=O)c2cnn(-c3nccc(-c4cccs4)n3)c2C2CC2)CC1. The van der Waals surface area contributed by atoms with Crippen molar-refractivity contribution in [1.29, 1.82) is 0 Å². The number of carbonyl (C=O) groups is 1. The number of amides is 1. The minimum absolute atomic E-state index is 0.0914. The zero-order chi connectivity index (χ0) is 20.5. The molecule has 3 aromatic rings. The first-order chi connectivity index (χ1) is 14.7. The molecule has 0 bridgehead atoms. The van der Waals surface area contributed by atoms with E-state index in [1.54, 1.807) is 28.4 Å². The first-order valence-corrected chi connectivity index (χ1v) is 11.6. The molecule has 0 spiro atoms. The Labute approximate surface area is 180 Å². The highest BCUT2D eigenvalue weighted by Gasteiger charge is 2.35. The summed E-state index contributed by atoms with van der Waals surface area (Å²) in [7, 11) is 0. The second-order valence-electron chi connectivity index (χ2n) is 7.98. The van der Waals surface area contributed by atoms with E-state index in [1.807, 2.05) is 22.4 Å². The molecule has 0 unspecified atom stereocenters. The van der Waals surface area contributed by atoms with Crippen LogP contribution in [0.3, 0.4) is 0 Å². The van der Waals surface area contributed by atoms with Crippen molar-refractivity contribution in [2.75, 3.05) is 32.7 Å². The Balaban J connectivity index is 1.43. The van der Waals surface area contributed by atoms with E-state index in [4.69, 9.17) is 4.98 Å². The summed E-state index contributed by atoms with van der Waals surface area (Å²) in [6.07, 6.45) is 6.80. The third-order valence-electron chi connectivity index (χ3n) is 5.81. The summed E-state index contributed by atoms with van der Waals surface area (Å²) in [5.74, 6) is 0.991. The minimum atomic E-state index is 0.0914. The lowest BCUT2D eigenvalue weighted by atomic mass is 10.1. The van der Waals surface area contributed by atoms with Gasteiger partial charge in [0, 0.05) is 38.3 Å². The van der Waals surface area contributed by atoms with Gasteiger partial charge in [-0.25, -0.2) is 14.6 Å². The van der Waals surface area contributed by atoms with Crippen molar-refractivity contribution < 1.29 is 4.79 Å². The van der Waals surface area contributed by atoms with Crippen molar-refractivity contribution in [3.63, 3.8) is 0 Å². The summed E-state index contributed by atoms with van der Waals surface area (Å²) in [5.41, 5.74) is 2.57. The van der Waals surface area contributed by atoms with E-state index in [2.05, 4.69) is 28.0 Å². The number of nitrogens with zero attached hydrogens (tertiary/aromatic N) is 6. The Morgan fingerprint density at radius 1 is 1.20 bits per heavy atom. The minimum Gasteiger partial charge on any atom is -0.336 e. The molecule has 0 radical (unpaired) electrons. The smallest absolute Gasteiger partial charge is 0.257 e. The standard InChI is InChI=1S/C22H26N6OS/c1-2-9-26-10-12-27(13-11-26)21(29)17-15-24-28(20(17)16-5-6-16)22-23-8-7-18(25-22)19-4-3-14-30-19/h3-4,7-8,14-16H,2,5-6,9-13H2,1H3. The van der Waals surface area contributed by atoms with Crippen LogP contribution in [0.2, 0.25) is 0 Å². The van der Waals surface area contributed by atoms with Crippen molar-refractivity contribution in [2.45, 2.75) is 32.1 Å². The van der Waals surface area contributed by atoms with Crippen LogP contribution in [0.1, 0.15) is 48.2 Å². The predicted molar refractivity (Wildman–Crippen MR) is 117 cm³/mol. The molecule has 8 heteroatoms. The monoisotopic (exact) mass is 422 g/mol. The molecule has 4 heterocycles. The van der Waals surface area contributed by atoms with Crippen molar-refractivity contribution in [2.24, 2.45) is 0 Å². The number of rotatable bonds is 6. The predicted octanol–water partition coefficient (Wildman–Crippen LogP) is 3.44. The van der Waals surface area contributed by atoms with Crippen molar-refractivity contribution in [3.05, 3.63) is 47.2 Å². The van der Waals surface area contributed by atoms with E-state index in [9.17, 15) is 4.79 Å². The van der Waals surface area contributed by atoms with Crippen LogP contribution >= 0.6 is 11.3 Å². The fraction of sp³-hybridized carbons (Fsp3) is 0.455. The maximum absolute atomic E-state index is 13.3. The summed E-state index contributed by atoms with van der Waals surface area (Å²) in [6, 6.07) is 5.98. The van der Waals surface area contributed by atoms with Gasteiger partial charge < -0.3 is 4.90 Å². The molecule has 1 aliphatic carbocycles. The Morgan fingerprint density at radius 2 is 2.03 bits per heavy atom. The van der Waals surface area contributed by atoms with Gasteiger partial charge in [-0.2, -0.15) is 5.10 Å². The van der Waals surface area contributed by atoms with Gasteiger partial charge >= 0.3 is 0 Å².